The van der Waals surface area contributed by atoms with Gasteiger partial charge in [-0.25, -0.2) is 0 Å². The zero-order valence-corrected chi connectivity index (χ0v) is 12.2. The largest absolute Gasteiger partial charge is 0.480 e. The molecule has 0 amide bonds. The van der Waals surface area contributed by atoms with Crippen molar-refractivity contribution in [2.45, 2.75) is 19.9 Å². The fourth-order valence-electron chi connectivity index (χ4n) is 2.05. The van der Waals surface area contributed by atoms with Crippen LogP contribution in [0.4, 0.5) is 11.4 Å². The molecule has 0 bridgehead atoms. The van der Waals surface area contributed by atoms with Crippen molar-refractivity contribution in [3.05, 3.63) is 46.2 Å². The quantitative estimate of drug-likeness (QED) is 0.803. The molecule has 5 heteroatoms. The number of anilines is 2. The van der Waals surface area contributed by atoms with Gasteiger partial charge >= 0.3 is 5.97 Å². The average Bonchev–Trinajstić information content (AvgIpc) is 2.86. The molecule has 1 aromatic carbocycles. The van der Waals surface area contributed by atoms with Gasteiger partial charge in [-0.2, -0.15) is 0 Å². The Bertz CT molecular complexity index is 595. The maximum absolute atomic E-state index is 11.1. The van der Waals surface area contributed by atoms with Crippen molar-refractivity contribution < 1.29 is 9.90 Å². The summed E-state index contributed by atoms with van der Waals surface area (Å²) in [7, 11) is 0. The van der Waals surface area contributed by atoms with E-state index >= 15 is 0 Å². The summed E-state index contributed by atoms with van der Waals surface area (Å²) in [4.78, 5) is 15.3. The standard InChI is InChI=1S/C15H18N2O2S/c1-2-11-7-8-12(20-11)9-17(10-15(18)19)14-6-4-3-5-13(14)16/h3-8H,2,9-10,16H2,1H3,(H,18,19). The lowest BCUT2D eigenvalue weighted by Crippen LogP contribution is -2.29. The van der Waals surface area contributed by atoms with E-state index in [1.165, 1.54) is 4.88 Å². The van der Waals surface area contributed by atoms with Crippen LogP contribution in [0.15, 0.2) is 36.4 Å². The normalized spacial score (nSPS) is 10.4. The van der Waals surface area contributed by atoms with Gasteiger partial charge in [-0.3, -0.25) is 4.79 Å². The van der Waals surface area contributed by atoms with Crippen LogP contribution in [0.1, 0.15) is 16.7 Å². The van der Waals surface area contributed by atoms with Crippen molar-refractivity contribution in [3.8, 4) is 0 Å². The summed E-state index contributed by atoms with van der Waals surface area (Å²) in [6, 6.07) is 11.5. The number of nitrogen functional groups attached to an aromatic ring is 1. The molecule has 106 valence electrons. The van der Waals surface area contributed by atoms with Gasteiger partial charge in [0.1, 0.15) is 6.54 Å². The highest BCUT2D eigenvalue weighted by Crippen LogP contribution is 2.26. The number of nitrogens with two attached hydrogens (primary N) is 1. The third-order valence-corrected chi connectivity index (χ3v) is 4.23. The number of aryl methyl sites for hydroxylation is 1. The van der Waals surface area contributed by atoms with Crippen LogP contribution in [0.2, 0.25) is 0 Å². The molecule has 3 N–H and O–H groups in total. The molecule has 1 aromatic heterocycles. The average molecular weight is 290 g/mol. The first-order valence-electron chi connectivity index (χ1n) is 6.49. The van der Waals surface area contributed by atoms with Gasteiger partial charge in [-0.1, -0.05) is 19.1 Å². The van der Waals surface area contributed by atoms with Crippen LogP contribution in [0.3, 0.4) is 0 Å². The van der Waals surface area contributed by atoms with Crippen molar-refractivity contribution in [3.63, 3.8) is 0 Å². The van der Waals surface area contributed by atoms with E-state index in [0.29, 0.717) is 12.2 Å². The summed E-state index contributed by atoms with van der Waals surface area (Å²) in [5.41, 5.74) is 7.31. The van der Waals surface area contributed by atoms with Crippen LogP contribution in [-0.4, -0.2) is 17.6 Å². The molecule has 1 heterocycles. The predicted octanol–water partition coefficient (Wildman–Crippen LogP) is 2.98. The molecule has 2 rings (SSSR count). The summed E-state index contributed by atoms with van der Waals surface area (Å²) in [5, 5.41) is 9.09. The number of rotatable bonds is 6. The maximum atomic E-state index is 11.1. The van der Waals surface area contributed by atoms with Crippen molar-refractivity contribution in [2.75, 3.05) is 17.2 Å². The highest BCUT2D eigenvalue weighted by molar-refractivity contribution is 7.12. The summed E-state index contributed by atoms with van der Waals surface area (Å²) in [6.45, 7) is 2.61. The number of benzene rings is 1. The van der Waals surface area contributed by atoms with Crippen molar-refractivity contribution in [1.29, 1.82) is 0 Å². The Kier molecular flexibility index (Phi) is 4.63. The summed E-state index contributed by atoms with van der Waals surface area (Å²) in [6.07, 6.45) is 0.997. The summed E-state index contributed by atoms with van der Waals surface area (Å²) in [5.74, 6) is -0.861. The first-order valence-corrected chi connectivity index (χ1v) is 7.30. The SMILES string of the molecule is CCc1ccc(CN(CC(=O)O)c2ccccc2N)s1. The van der Waals surface area contributed by atoms with E-state index in [4.69, 9.17) is 10.8 Å². The molecule has 0 unspecified atom stereocenters. The maximum Gasteiger partial charge on any atom is 0.323 e. The van der Waals surface area contributed by atoms with E-state index in [0.717, 1.165) is 17.0 Å². The van der Waals surface area contributed by atoms with Gasteiger partial charge in [0.05, 0.1) is 17.9 Å². The minimum atomic E-state index is -0.861. The molecule has 4 nitrogen and oxygen atoms in total. The number of hydrogen-bond donors (Lipinski definition) is 2. The summed E-state index contributed by atoms with van der Waals surface area (Å²) >= 11 is 1.71. The monoisotopic (exact) mass is 290 g/mol. The van der Waals surface area contributed by atoms with Crippen molar-refractivity contribution >= 4 is 28.7 Å². The molecule has 0 fully saturated rings. The van der Waals surface area contributed by atoms with E-state index in [9.17, 15) is 4.79 Å². The second-order valence-electron chi connectivity index (χ2n) is 4.53. The molecule has 0 saturated heterocycles. The molecule has 0 atom stereocenters. The second kappa shape index (κ2) is 6.43. The zero-order valence-electron chi connectivity index (χ0n) is 11.4. The molecule has 0 radical (unpaired) electrons. The molecule has 20 heavy (non-hydrogen) atoms. The zero-order chi connectivity index (χ0) is 14.5. The Morgan fingerprint density at radius 1 is 1.25 bits per heavy atom. The fraction of sp³-hybridized carbons (Fsp3) is 0.267. The van der Waals surface area contributed by atoms with Crippen molar-refractivity contribution in [1.82, 2.24) is 0 Å². The van der Waals surface area contributed by atoms with Crippen LogP contribution < -0.4 is 10.6 Å². The molecule has 0 aliphatic heterocycles. The fourth-order valence-corrected chi connectivity index (χ4v) is 3.02. The number of carboxylic acids is 1. The molecule has 2 aromatic rings. The van der Waals surface area contributed by atoms with Crippen molar-refractivity contribution in [2.24, 2.45) is 0 Å². The Morgan fingerprint density at radius 2 is 1.95 bits per heavy atom. The van der Waals surface area contributed by atoms with E-state index in [2.05, 4.69) is 19.1 Å². The number of nitrogens with zero attached hydrogens (tertiary/aromatic N) is 1. The van der Waals surface area contributed by atoms with Crippen LogP contribution in [0, 0.1) is 0 Å². The van der Waals surface area contributed by atoms with Gasteiger partial charge in [-0.15, -0.1) is 11.3 Å². The number of thiophene rings is 1. The van der Waals surface area contributed by atoms with Crippen LogP contribution >= 0.6 is 11.3 Å². The highest BCUT2D eigenvalue weighted by Gasteiger charge is 2.14. The van der Waals surface area contributed by atoms with Crippen LogP contribution in [0.5, 0.6) is 0 Å². The lowest BCUT2D eigenvalue weighted by atomic mass is 10.2. The van der Waals surface area contributed by atoms with E-state index in [1.807, 2.05) is 18.2 Å². The van der Waals surface area contributed by atoms with Gasteiger partial charge in [0.25, 0.3) is 0 Å². The third-order valence-electron chi connectivity index (χ3n) is 3.02. The minimum Gasteiger partial charge on any atom is -0.480 e. The number of carboxylic acid groups (broad SMARTS) is 1. The first-order chi connectivity index (χ1) is 9.60. The lowest BCUT2D eigenvalue weighted by Gasteiger charge is -2.23. The Balaban J connectivity index is 2.23. The van der Waals surface area contributed by atoms with Gasteiger partial charge in [0, 0.05) is 9.75 Å². The smallest absolute Gasteiger partial charge is 0.323 e. The van der Waals surface area contributed by atoms with Crippen LogP contribution in [-0.2, 0) is 17.8 Å². The number of hydrogen-bond acceptors (Lipinski definition) is 4. The number of carbonyl (C=O) groups is 1. The molecule has 0 saturated carbocycles. The Morgan fingerprint density at radius 3 is 2.55 bits per heavy atom. The topological polar surface area (TPSA) is 66.6 Å². The first kappa shape index (κ1) is 14.4. The summed E-state index contributed by atoms with van der Waals surface area (Å²) < 4.78 is 0. The van der Waals surface area contributed by atoms with Gasteiger partial charge < -0.3 is 15.7 Å². The second-order valence-corrected chi connectivity index (χ2v) is 5.78. The van der Waals surface area contributed by atoms with Gasteiger partial charge in [0.15, 0.2) is 0 Å². The van der Waals surface area contributed by atoms with E-state index in [-0.39, 0.29) is 6.54 Å². The Labute approximate surface area is 122 Å². The van der Waals surface area contributed by atoms with Gasteiger partial charge in [-0.05, 0) is 30.7 Å². The highest BCUT2D eigenvalue weighted by atomic mass is 32.1. The Hall–Kier alpha value is -2.01. The number of aliphatic carboxylic acids is 1. The predicted molar refractivity (Wildman–Crippen MR) is 83.2 cm³/mol. The minimum absolute atomic E-state index is 0.0619. The van der Waals surface area contributed by atoms with E-state index in [1.54, 1.807) is 22.3 Å². The molecule has 0 spiro atoms. The lowest BCUT2D eigenvalue weighted by molar-refractivity contribution is -0.135. The van der Waals surface area contributed by atoms with Crippen LogP contribution in [0.25, 0.3) is 0 Å². The number of para-hydroxylation sites is 2. The molecule has 0 aliphatic rings. The molecular formula is C15H18N2O2S. The third kappa shape index (κ3) is 3.51. The molecular weight excluding hydrogens is 272 g/mol. The van der Waals surface area contributed by atoms with E-state index < -0.39 is 5.97 Å². The van der Waals surface area contributed by atoms with Gasteiger partial charge in [0.2, 0.25) is 0 Å². The molecule has 0 aliphatic carbocycles.